The van der Waals surface area contributed by atoms with Crippen molar-refractivity contribution in [3.05, 3.63) is 39.4 Å². The van der Waals surface area contributed by atoms with Crippen LogP contribution in [0.2, 0.25) is 0 Å². The normalized spacial score (nSPS) is 11.4. The summed E-state index contributed by atoms with van der Waals surface area (Å²) in [5.74, 6) is 0.783. The van der Waals surface area contributed by atoms with E-state index < -0.39 is 17.3 Å². The van der Waals surface area contributed by atoms with Gasteiger partial charge in [-0.2, -0.15) is 28.5 Å². The van der Waals surface area contributed by atoms with Crippen molar-refractivity contribution >= 4 is 0 Å². The molecule has 0 N–H and O–H groups in total. The first-order valence-corrected chi connectivity index (χ1v) is 6.65. The monoisotopic (exact) mass is 327 g/mol. The van der Waals surface area contributed by atoms with Gasteiger partial charge in [-0.3, -0.25) is 4.79 Å². The summed E-state index contributed by atoms with van der Waals surface area (Å²) in [4.78, 5) is 15.8. The van der Waals surface area contributed by atoms with Crippen molar-refractivity contribution in [1.82, 2.24) is 19.9 Å². The van der Waals surface area contributed by atoms with Gasteiger partial charge >= 0.3 is 6.18 Å². The fourth-order valence-electron chi connectivity index (χ4n) is 1.94. The molecule has 0 unspecified atom stereocenters. The highest BCUT2D eigenvalue weighted by Gasteiger charge is 2.35. The average Bonchev–Trinajstić information content (AvgIpc) is 2.86. The molecule has 122 valence electrons. The number of hydrogen-bond acceptors (Lipinski definition) is 6. The minimum Gasteiger partial charge on any atom is -0.339 e. The van der Waals surface area contributed by atoms with E-state index in [-0.39, 0.29) is 18.7 Å². The number of alkyl halides is 3. The molecule has 0 aliphatic carbocycles. The number of rotatable bonds is 5. The lowest BCUT2D eigenvalue weighted by Gasteiger charge is -2.11. The van der Waals surface area contributed by atoms with Crippen LogP contribution in [0.1, 0.15) is 29.4 Å². The SMILES string of the molecule is Cc1noc(CCCn2nc(CC#N)cc(C(F)(F)F)c2=O)n1. The van der Waals surface area contributed by atoms with Crippen LogP contribution in [0.3, 0.4) is 0 Å². The average molecular weight is 327 g/mol. The van der Waals surface area contributed by atoms with Crippen LogP contribution < -0.4 is 5.56 Å². The van der Waals surface area contributed by atoms with Gasteiger partial charge in [-0.05, 0) is 19.4 Å². The van der Waals surface area contributed by atoms with Gasteiger partial charge in [-0.15, -0.1) is 0 Å². The number of nitrogens with zero attached hydrogens (tertiary/aromatic N) is 5. The van der Waals surface area contributed by atoms with Gasteiger partial charge in [0.1, 0.15) is 5.56 Å². The lowest BCUT2D eigenvalue weighted by atomic mass is 10.2. The Balaban J connectivity index is 2.21. The molecule has 0 saturated heterocycles. The quantitative estimate of drug-likeness (QED) is 0.828. The van der Waals surface area contributed by atoms with Crippen molar-refractivity contribution in [2.24, 2.45) is 0 Å². The van der Waals surface area contributed by atoms with Crippen molar-refractivity contribution in [2.75, 3.05) is 0 Å². The van der Waals surface area contributed by atoms with Gasteiger partial charge in [0.15, 0.2) is 5.82 Å². The Labute approximate surface area is 128 Å². The van der Waals surface area contributed by atoms with E-state index in [9.17, 15) is 18.0 Å². The smallest absolute Gasteiger partial charge is 0.339 e. The van der Waals surface area contributed by atoms with Gasteiger partial charge in [-0.25, -0.2) is 4.68 Å². The van der Waals surface area contributed by atoms with E-state index in [0.29, 0.717) is 30.6 Å². The molecule has 0 saturated carbocycles. The summed E-state index contributed by atoms with van der Waals surface area (Å²) in [7, 11) is 0. The molecule has 0 amide bonds. The predicted molar refractivity (Wildman–Crippen MR) is 70.2 cm³/mol. The van der Waals surface area contributed by atoms with Gasteiger partial charge in [0.2, 0.25) is 5.89 Å². The number of halogens is 3. The van der Waals surface area contributed by atoms with Crippen LogP contribution >= 0.6 is 0 Å². The van der Waals surface area contributed by atoms with Crippen LogP contribution in [0.4, 0.5) is 13.2 Å². The zero-order valence-corrected chi connectivity index (χ0v) is 12.1. The summed E-state index contributed by atoms with van der Waals surface area (Å²) in [6.45, 7) is 1.59. The minimum absolute atomic E-state index is 0.0530. The molecule has 0 bridgehead atoms. The second-order valence-electron chi connectivity index (χ2n) is 4.75. The maximum atomic E-state index is 12.9. The zero-order chi connectivity index (χ0) is 17.0. The summed E-state index contributed by atoms with van der Waals surface area (Å²) >= 11 is 0. The van der Waals surface area contributed by atoms with E-state index in [2.05, 4.69) is 15.2 Å². The summed E-state index contributed by atoms with van der Waals surface area (Å²) in [5.41, 5.74) is -2.67. The van der Waals surface area contributed by atoms with Gasteiger partial charge in [0.25, 0.3) is 5.56 Å². The lowest BCUT2D eigenvalue weighted by Crippen LogP contribution is -2.31. The molecule has 0 atom stereocenters. The minimum atomic E-state index is -4.80. The van der Waals surface area contributed by atoms with Gasteiger partial charge in [0.05, 0.1) is 18.2 Å². The number of hydrogen-bond donors (Lipinski definition) is 0. The van der Waals surface area contributed by atoms with Crippen molar-refractivity contribution in [3.63, 3.8) is 0 Å². The second-order valence-corrected chi connectivity index (χ2v) is 4.75. The van der Waals surface area contributed by atoms with Crippen LogP contribution in [0.25, 0.3) is 0 Å². The topological polar surface area (TPSA) is 97.6 Å². The summed E-state index contributed by atoms with van der Waals surface area (Å²) in [6, 6.07) is 2.33. The van der Waals surface area contributed by atoms with E-state index in [4.69, 9.17) is 9.78 Å². The first-order chi connectivity index (χ1) is 10.8. The second kappa shape index (κ2) is 6.60. The van der Waals surface area contributed by atoms with E-state index in [1.54, 1.807) is 13.0 Å². The summed E-state index contributed by atoms with van der Waals surface area (Å²) in [6.07, 6.45) is -4.51. The first kappa shape index (κ1) is 16.7. The molecule has 2 rings (SSSR count). The number of aromatic nitrogens is 4. The molecule has 2 aromatic heterocycles. The van der Waals surface area contributed by atoms with Gasteiger partial charge < -0.3 is 4.52 Å². The number of nitriles is 1. The molecule has 0 fully saturated rings. The van der Waals surface area contributed by atoms with Gasteiger partial charge in [-0.1, -0.05) is 5.16 Å². The largest absolute Gasteiger partial charge is 0.421 e. The van der Waals surface area contributed by atoms with Crippen LogP contribution in [-0.4, -0.2) is 19.9 Å². The van der Waals surface area contributed by atoms with Crippen molar-refractivity contribution in [1.29, 1.82) is 5.26 Å². The highest BCUT2D eigenvalue weighted by molar-refractivity contribution is 5.18. The maximum absolute atomic E-state index is 12.9. The Hall–Kier alpha value is -2.70. The highest BCUT2D eigenvalue weighted by atomic mass is 19.4. The molecule has 7 nitrogen and oxygen atoms in total. The van der Waals surface area contributed by atoms with Crippen LogP contribution in [0, 0.1) is 18.3 Å². The number of aryl methyl sites for hydroxylation is 3. The third kappa shape index (κ3) is 4.15. The first-order valence-electron chi connectivity index (χ1n) is 6.65. The Morgan fingerprint density at radius 2 is 2.17 bits per heavy atom. The molecule has 0 spiro atoms. The Morgan fingerprint density at radius 1 is 1.43 bits per heavy atom. The molecule has 0 aliphatic heterocycles. The standard InChI is InChI=1S/C13H12F3N5O2/c1-8-18-11(23-20-8)3-2-6-21-12(22)10(13(14,15)16)7-9(19-21)4-5-17/h7H,2-4,6H2,1H3. The van der Waals surface area contributed by atoms with Gasteiger partial charge in [0, 0.05) is 13.0 Å². The molecule has 23 heavy (non-hydrogen) atoms. The molecule has 0 radical (unpaired) electrons. The highest BCUT2D eigenvalue weighted by Crippen LogP contribution is 2.26. The molecule has 0 aliphatic rings. The van der Waals surface area contributed by atoms with Crippen molar-refractivity contribution < 1.29 is 17.7 Å². The van der Waals surface area contributed by atoms with Crippen molar-refractivity contribution in [2.45, 2.75) is 38.9 Å². The third-order valence-corrected chi connectivity index (χ3v) is 2.92. The van der Waals surface area contributed by atoms with E-state index in [1.807, 2.05) is 0 Å². The van der Waals surface area contributed by atoms with E-state index in [1.165, 1.54) is 0 Å². The van der Waals surface area contributed by atoms with Crippen LogP contribution in [-0.2, 0) is 25.6 Å². The zero-order valence-electron chi connectivity index (χ0n) is 12.1. The fourth-order valence-corrected chi connectivity index (χ4v) is 1.94. The summed E-state index contributed by atoms with van der Waals surface area (Å²) < 4.78 is 44.2. The Kier molecular flexibility index (Phi) is 4.78. The van der Waals surface area contributed by atoms with E-state index >= 15 is 0 Å². The lowest BCUT2D eigenvalue weighted by molar-refractivity contribution is -0.139. The fraction of sp³-hybridized carbons (Fsp3) is 0.462. The predicted octanol–water partition coefficient (Wildman–Crippen LogP) is 1.65. The molecule has 10 heteroatoms. The van der Waals surface area contributed by atoms with Crippen molar-refractivity contribution in [3.8, 4) is 6.07 Å². The molecule has 2 heterocycles. The van der Waals surface area contributed by atoms with Crippen LogP contribution in [0.15, 0.2) is 15.4 Å². The summed E-state index contributed by atoms with van der Waals surface area (Å²) in [5, 5.41) is 16.0. The molecular weight excluding hydrogens is 315 g/mol. The Bertz CT molecular complexity index is 788. The molecular formula is C13H12F3N5O2. The third-order valence-electron chi connectivity index (χ3n) is 2.92. The Morgan fingerprint density at radius 3 is 2.74 bits per heavy atom. The maximum Gasteiger partial charge on any atom is 0.421 e. The molecule has 2 aromatic rings. The van der Waals surface area contributed by atoms with Crippen LogP contribution in [0.5, 0.6) is 0 Å². The van der Waals surface area contributed by atoms with E-state index in [0.717, 1.165) is 4.68 Å². The molecule has 0 aromatic carbocycles.